The zero-order valence-electron chi connectivity index (χ0n) is 18.4. The number of halogens is 1. The molecule has 33 heavy (non-hydrogen) atoms. The average molecular weight is 451 g/mol. The van der Waals surface area contributed by atoms with Gasteiger partial charge in [-0.15, -0.1) is 0 Å². The molecule has 4 rings (SSSR count). The molecule has 7 heteroatoms. The Morgan fingerprint density at radius 2 is 1.85 bits per heavy atom. The van der Waals surface area contributed by atoms with Crippen molar-refractivity contribution in [1.29, 1.82) is 0 Å². The number of likely N-dealkylation sites (tertiary alicyclic amines) is 2. The Bertz CT molecular complexity index is 1070. The molecule has 1 amide bonds. The van der Waals surface area contributed by atoms with E-state index in [-0.39, 0.29) is 16.9 Å². The number of hydrogen-bond acceptors (Lipinski definition) is 5. The number of carbonyl (C=O) groups excluding carboxylic acids is 2. The zero-order chi connectivity index (χ0) is 23.4. The smallest absolute Gasteiger partial charge is 0.295 e. The third-order valence-electron chi connectivity index (χ3n) is 6.06. The second-order valence-electron chi connectivity index (χ2n) is 8.22. The van der Waals surface area contributed by atoms with Crippen molar-refractivity contribution in [2.75, 3.05) is 32.8 Å². The first-order valence-corrected chi connectivity index (χ1v) is 11.1. The van der Waals surface area contributed by atoms with Crippen molar-refractivity contribution in [1.82, 2.24) is 9.80 Å². The fourth-order valence-corrected chi connectivity index (χ4v) is 4.41. The molecule has 2 aliphatic heterocycles. The van der Waals surface area contributed by atoms with Gasteiger partial charge in [-0.05, 0) is 67.9 Å². The van der Waals surface area contributed by atoms with Crippen LogP contribution in [0.1, 0.15) is 30.0 Å². The molecule has 6 nitrogen and oxygen atoms in total. The van der Waals surface area contributed by atoms with Crippen LogP contribution in [0.4, 0.5) is 4.39 Å². The maximum atomic E-state index is 13.4. The van der Waals surface area contributed by atoms with Crippen LogP contribution in [0.25, 0.3) is 5.76 Å². The first kappa shape index (κ1) is 22.7. The van der Waals surface area contributed by atoms with Crippen LogP contribution >= 0.6 is 0 Å². The van der Waals surface area contributed by atoms with Crippen molar-refractivity contribution in [2.24, 2.45) is 0 Å². The van der Waals surface area contributed by atoms with Gasteiger partial charge in [0.1, 0.15) is 23.9 Å². The van der Waals surface area contributed by atoms with E-state index in [1.165, 1.54) is 29.2 Å². The van der Waals surface area contributed by atoms with Gasteiger partial charge in [-0.1, -0.05) is 24.8 Å². The van der Waals surface area contributed by atoms with Gasteiger partial charge in [0.05, 0.1) is 11.6 Å². The van der Waals surface area contributed by atoms with Gasteiger partial charge < -0.3 is 19.6 Å². The largest absolute Gasteiger partial charge is 0.507 e. The van der Waals surface area contributed by atoms with Crippen LogP contribution in [0, 0.1) is 5.82 Å². The van der Waals surface area contributed by atoms with E-state index < -0.39 is 23.5 Å². The highest BCUT2D eigenvalue weighted by Crippen LogP contribution is 2.40. The van der Waals surface area contributed by atoms with Crippen LogP contribution in [-0.2, 0) is 9.59 Å². The first-order valence-electron chi connectivity index (χ1n) is 11.1. The summed E-state index contributed by atoms with van der Waals surface area (Å²) in [6.07, 6.45) is 3.87. The molecule has 1 atom stereocenters. The Kier molecular flexibility index (Phi) is 6.89. The molecule has 2 heterocycles. The van der Waals surface area contributed by atoms with Crippen LogP contribution < -0.4 is 4.74 Å². The molecular weight excluding hydrogens is 423 g/mol. The molecule has 2 aromatic carbocycles. The average Bonchev–Trinajstić information content (AvgIpc) is 3.43. The number of hydrogen-bond donors (Lipinski definition) is 1. The minimum atomic E-state index is -0.773. The molecule has 172 valence electrons. The maximum Gasteiger partial charge on any atom is 0.295 e. The third kappa shape index (κ3) is 4.83. The molecule has 0 spiro atoms. The highest BCUT2D eigenvalue weighted by molar-refractivity contribution is 6.46. The van der Waals surface area contributed by atoms with Gasteiger partial charge >= 0.3 is 0 Å². The van der Waals surface area contributed by atoms with Gasteiger partial charge in [-0.2, -0.15) is 0 Å². The number of ether oxygens (including phenoxy) is 1. The molecule has 2 aliphatic rings. The van der Waals surface area contributed by atoms with E-state index in [1.807, 2.05) is 0 Å². The number of amides is 1. The Hall–Kier alpha value is -3.45. The molecule has 0 saturated carbocycles. The minimum Gasteiger partial charge on any atom is -0.507 e. The number of Topliss-reactive ketones (excluding diaryl/α,β-unsaturated/α-hetero) is 1. The molecule has 1 unspecified atom stereocenters. The number of aliphatic hydroxyl groups is 1. The fraction of sp³-hybridized carbons (Fsp3) is 0.308. The molecule has 2 fully saturated rings. The zero-order valence-corrected chi connectivity index (χ0v) is 18.4. The van der Waals surface area contributed by atoms with E-state index in [2.05, 4.69) is 11.5 Å². The Morgan fingerprint density at radius 1 is 1.12 bits per heavy atom. The standard InChI is InChI=1S/C26H27FN2O4/c1-2-16-33-21-7-5-6-19(17-21)23-22(24(30)18-8-10-20(27)11-9-18)25(31)26(32)29(23)15-14-28-12-3-4-13-28/h2,5-11,17,23,30H,1,3-4,12-16H2/b24-22+. The molecule has 0 radical (unpaired) electrons. The number of nitrogens with zero attached hydrogens (tertiary/aromatic N) is 2. The predicted molar refractivity (Wildman–Crippen MR) is 123 cm³/mol. The van der Waals surface area contributed by atoms with Crippen LogP contribution in [0.3, 0.4) is 0 Å². The summed E-state index contributed by atoms with van der Waals surface area (Å²) < 4.78 is 19.1. The number of carbonyl (C=O) groups is 2. The molecule has 2 aromatic rings. The van der Waals surface area contributed by atoms with Crippen LogP contribution in [0.5, 0.6) is 5.75 Å². The molecular formula is C26H27FN2O4. The number of aliphatic hydroxyl groups excluding tert-OH is 1. The summed E-state index contributed by atoms with van der Waals surface area (Å²) in [4.78, 5) is 29.9. The monoisotopic (exact) mass is 450 g/mol. The number of rotatable bonds is 8. The lowest BCUT2D eigenvalue weighted by Crippen LogP contribution is -2.37. The van der Waals surface area contributed by atoms with E-state index in [0.717, 1.165) is 25.9 Å². The molecule has 1 N–H and O–H groups in total. The summed E-state index contributed by atoms with van der Waals surface area (Å²) in [5.74, 6) is -1.61. The van der Waals surface area contributed by atoms with E-state index in [1.54, 1.807) is 30.3 Å². The van der Waals surface area contributed by atoms with E-state index in [4.69, 9.17) is 4.74 Å². The molecule has 2 saturated heterocycles. The lowest BCUT2D eigenvalue weighted by Gasteiger charge is -2.27. The lowest BCUT2D eigenvalue weighted by molar-refractivity contribution is -0.140. The van der Waals surface area contributed by atoms with Crippen molar-refractivity contribution in [3.05, 3.63) is 83.7 Å². The molecule has 0 aliphatic carbocycles. The van der Waals surface area contributed by atoms with Gasteiger partial charge in [0, 0.05) is 18.7 Å². The van der Waals surface area contributed by atoms with Crippen molar-refractivity contribution >= 4 is 17.4 Å². The topological polar surface area (TPSA) is 70.1 Å². The van der Waals surface area contributed by atoms with Crippen molar-refractivity contribution in [3.63, 3.8) is 0 Å². The lowest BCUT2D eigenvalue weighted by atomic mass is 9.95. The van der Waals surface area contributed by atoms with Crippen molar-refractivity contribution in [2.45, 2.75) is 18.9 Å². The highest BCUT2D eigenvalue weighted by Gasteiger charge is 2.46. The summed E-state index contributed by atoms with van der Waals surface area (Å²) in [5.41, 5.74) is 0.924. The second-order valence-corrected chi connectivity index (χ2v) is 8.22. The normalized spacial score (nSPS) is 20.4. The summed E-state index contributed by atoms with van der Waals surface area (Å²) in [6, 6.07) is 11.6. The number of ketones is 1. The van der Waals surface area contributed by atoms with E-state index in [9.17, 15) is 19.1 Å². The number of benzene rings is 2. The van der Waals surface area contributed by atoms with Crippen LogP contribution in [-0.4, -0.2) is 59.4 Å². The van der Waals surface area contributed by atoms with Crippen molar-refractivity contribution < 1.29 is 23.8 Å². The Morgan fingerprint density at radius 3 is 2.55 bits per heavy atom. The minimum absolute atomic E-state index is 0.00565. The molecule has 0 bridgehead atoms. The quantitative estimate of drug-likeness (QED) is 0.286. The Balaban J connectivity index is 1.75. The maximum absolute atomic E-state index is 13.4. The predicted octanol–water partition coefficient (Wildman–Crippen LogP) is 3.91. The first-order chi connectivity index (χ1) is 16.0. The van der Waals surface area contributed by atoms with Gasteiger partial charge in [-0.3, -0.25) is 9.59 Å². The SMILES string of the molecule is C=CCOc1cccc(C2/C(=C(\O)c3ccc(F)cc3)C(=O)C(=O)N2CCN2CCCC2)c1. The summed E-state index contributed by atoms with van der Waals surface area (Å²) in [5, 5.41) is 11.0. The molecule has 0 aromatic heterocycles. The second kappa shape index (κ2) is 10.0. The van der Waals surface area contributed by atoms with Crippen LogP contribution in [0.2, 0.25) is 0 Å². The van der Waals surface area contributed by atoms with Gasteiger partial charge in [-0.25, -0.2) is 4.39 Å². The van der Waals surface area contributed by atoms with E-state index >= 15 is 0 Å². The summed E-state index contributed by atoms with van der Waals surface area (Å²) in [7, 11) is 0. The summed E-state index contributed by atoms with van der Waals surface area (Å²) >= 11 is 0. The van der Waals surface area contributed by atoms with Crippen LogP contribution in [0.15, 0.2) is 66.8 Å². The van der Waals surface area contributed by atoms with Crippen molar-refractivity contribution in [3.8, 4) is 5.75 Å². The third-order valence-corrected chi connectivity index (χ3v) is 6.06. The Labute approximate surface area is 192 Å². The summed E-state index contributed by atoms with van der Waals surface area (Å²) in [6.45, 7) is 6.90. The van der Waals surface area contributed by atoms with Gasteiger partial charge in [0.25, 0.3) is 11.7 Å². The van der Waals surface area contributed by atoms with Gasteiger partial charge in [0.15, 0.2) is 0 Å². The fourth-order valence-electron chi connectivity index (χ4n) is 4.41. The highest BCUT2D eigenvalue weighted by atomic mass is 19.1. The van der Waals surface area contributed by atoms with Gasteiger partial charge in [0.2, 0.25) is 0 Å². The van der Waals surface area contributed by atoms with E-state index in [0.29, 0.717) is 31.0 Å².